The zero-order valence-electron chi connectivity index (χ0n) is 15.6. The predicted octanol–water partition coefficient (Wildman–Crippen LogP) is 3.26. The third-order valence-corrected chi connectivity index (χ3v) is 5.18. The fraction of sp³-hybridized carbons (Fsp3) is 0.273. The highest BCUT2D eigenvalue weighted by molar-refractivity contribution is 5.85. The molecule has 1 fully saturated rings. The fourth-order valence-corrected chi connectivity index (χ4v) is 3.80. The summed E-state index contributed by atoms with van der Waals surface area (Å²) in [5.74, 6) is 1.01. The van der Waals surface area contributed by atoms with Gasteiger partial charge in [0.15, 0.2) is 0 Å². The van der Waals surface area contributed by atoms with E-state index in [-0.39, 0.29) is 12.1 Å². The lowest BCUT2D eigenvalue weighted by atomic mass is 10.1. The van der Waals surface area contributed by atoms with Crippen LogP contribution in [0, 0.1) is 0 Å². The van der Waals surface area contributed by atoms with Gasteiger partial charge in [-0.1, -0.05) is 30.3 Å². The second-order valence-electron chi connectivity index (χ2n) is 6.89. The van der Waals surface area contributed by atoms with Gasteiger partial charge in [-0.2, -0.15) is 0 Å². The minimum absolute atomic E-state index is 0.0661. The average molecular weight is 361 g/mol. The first kappa shape index (κ1) is 17.5. The lowest BCUT2D eigenvalue weighted by Gasteiger charge is -2.29. The maximum absolute atomic E-state index is 12.7. The number of pyridine rings is 1. The van der Waals surface area contributed by atoms with Crippen molar-refractivity contribution in [3.05, 3.63) is 71.9 Å². The summed E-state index contributed by atoms with van der Waals surface area (Å²) in [5.41, 5.74) is 3.28. The van der Waals surface area contributed by atoms with Gasteiger partial charge in [0.2, 0.25) is 5.91 Å². The van der Waals surface area contributed by atoms with Crippen molar-refractivity contribution in [3.63, 3.8) is 0 Å². The summed E-state index contributed by atoms with van der Waals surface area (Å²) >= 11 is 0. The lowest BCUT2D eigenvalue weighted by molar-refractivity contribution is -0.128. The molecule has 1 aliphatic rings. The van der Waals surface area contributed by atoms with Crippen molar-refractivity contribution in [1.82, 2.24) is 14.8 Å². The summed E-state index contributed by atoms with van der Waals surface area (Å²) in [6, 6.07) is 18.2. The van der Waals surface area contributed by atoms with E-state index in [1.807, 2.05) is 54.5 Å². The number of hydrogen-bond donors (Lipinski definition) is 0. The number of methoxy groups -OCH3 is 1. The summed E-state index contributed by atoms with van der Waals surface area (Å²) in [4.78, 5) is 21.2. The molecule has 2 heterocycles. The number of amides is 1. The van der Waals surface area contributed by atoms with Gasteiger partial charge in [0, 0.05) is 23.7 Å². The first-order valence-corrected chi connectivity index (χ1v) is 9.13. The van der Waals surface area contributed by atoms with Crippen molar-refractivity contribution >= 4 is 16.8 Å². The Hall–Kier alpha value is -2.92. The average Bonchev–Trinajstić information content (AvgIpc) is 2.99. The van der Waals surface area contributed by atoms with Crippen molar-refractivity contribution in [2.24, 2.45) is 0 Å². The van der Waals surface area contributed by atoms with Gasteiger partial charge in [-0.05, 0) is 43.3 Å². The minimum Gasteiger partial charge on any atom is -0.497 e. The van der Waals surface area contributed by atoms with Crippen LogP contribution in [0.15, 0.2) is 60.8 Å². The first-order chi connectivity index (χ1) is 13.2. The molecule has 2 aromatic carbocycles. The monoisotopic (exact) mass is 361 g/mol. The van der Waals surface area contributed by atoms with Gasteiger partial charge in [0.05, 0.1) is 19.2 Å². The van der Waals surface area contributed by atoms with E-state index in [9.17, 15) is 4.79 Å². The van der Waals surface area contributed by atoms with Crippen LogP contribution < -0.4 is 4.74 Å². The second-order valence-corrected chi connectivity index (χ2v) is 6.89. The molecule has 5 nitrogen and oxygen atoms in total. The van der Waals surface area contributed by atoms with Crippen LogP contribution in [0.1, 0.15) is 17.3 Å². The van der Waals surface area contributed by atoms with Crippen LogP contribution in [0.3, 0.4) is 0 Å². The molecule has 0 aliphatic carbocycles. The second kappa shape index (κ2) is 7.37. The first-order valence-electron chi connectivity index (χ1n) is 9.13. The fourth-order valence-electron chi connectivity index (χ4n) is 3.80. The van der Waals surface area contributed by atoms with E-state index in [0.29, 0.717) is 13.1 Å². The van der Waals surface area contributed by atoms with Gasteiger partial charge in [0.1, 0.15) is 11.9 Å². The number of benzene rings is 2. The van der Waals surface area contributed by atoms with E-state index in [4.69, 9.17) is 4.74 Å². The Morgan fingerprint density at radius 2 is 1.89 bits per heavy atom. The van der Waals surface area contributed by atoms with Crippen LogP contribution in [-0.2, 0) is 11.2 Å². The smallest absolute Gasteiger partial charge is 0.238 e. The highest BCUT2D eigenvalue weighted by atomic mass is 16.5. The predicted molar refractivity (Wildman–Crippen MR) is 106 cm³/mol. The Morgan fingerprint density at radius 3 is 2.67 bits per heavy atom. The molecule has 4 rings (SSSR count). The van der Waals surface area contributed by atoms with E-state index < -0.39 is 0 Å². The molecule has 27 heavy (non-hydrogen) atoms. The number of fused-ring (bicyclic) bond motifs is 1. The van der Waals surface area contributed by atoms with Crippen molar-refractivity contribution in [3.8, 4) is 5.75 Å². The van der Waals surface area contributed by atoms with Crippen LogP contribution in [0.4, 0.5) is 0 Å². The van der Waals surface area contributed by atoms with E-state index in [1.54, 1.807) is 7.11 Å². The van der Waals surface area contributed by atoms with Crippen LogP contribution >= 0.6 is 0 Å². The Bertz CT molecular complexity index is 950. The summed E-state index contributed by atoms with van der Waals surface area (Å²) in [6.07, 6.45) is 2.57. The quantitative estimate of drug-likeness (QED) is 0.700. The molecular formula is C22H23N3O2. The van der Waals surface area contributed by atoms with Crippen LogP contribution in [0.2, 0.25) is 0 Å². The summed E-state index contributed by atoms with van der Waals surface area (Å²) in [5, 5.41) is 1.10. The zero-order chi connectivity index (χ0) is 18.8. The summed E-state index contributed by atoms with van der Waals surface area (Å²) < 4.78 is 5.22. The summed E-state index contributed by atoms with van der Waals surface area (Å²) in [7, 11) is 3.67. The third kappa shape index (κ3) is 3.38. The van der Waals surface area contributed by atoms with E-state index in [0.717, 1.165) is 28.6 Å². The van der Waals surface area contributed by atoms with Gasteiger partial charge in [-0.25, -0.2) is 0 Å². The third-order valence-electron chi connectivity index (χ3n) is 5.18. The number of carbonyl (C=O) groups excluding carboxylic acids is 1. The highest BCUT2D eigenvalue weighted by Gasteiger charge is 2.36. The molecule has 1 unspecified atom stereocenters. The number of para-hydroxylation sites is 1. The van der Waals surface area contributed by atoms with Crippen molar-refractivity contribution in [1.29, 1.82) is 0 Å². The number of aromatic nitrogens is 1. The van der Waals surface area contributed by atoms with Crippen LogP contribution in [0.5, 0.6) is 5.75 Å². The molecule has 1 atom stereocenters. The van der Waals surface area contributed by atoms with Gasteiger partial charge >= 0.3 is 0 Å². The summed E-state index contributed by atoms with van der Waals surface area (Å²) in [6.45, 7) is 1.11. The maximum Gasteiger partial charge on any atom is 0.238 e. The number of nitrogens with zero attached hydrogens (tertiary/aromatic N) is 3. The molecule has 138 valence electrons. The Kier molecular flexibility index (Phi) is 4.77. The minimum atomic E-state index is -0.0661. The molecule has 1 aliphatic heterocycles. The van der Waals surface area contributed by atoms with E-state index in [1.165, 1.54) is 5.56 Å². The van der Waals surface area contributed by atoms with Gasteiger partial charge in [-0.15, -0.1) is 0 Å². The van der Waals surface area contributed by atoms with Gasteiger partial charge in [-0.3, -0.25) is 14.7 Å². The van der Waals surface area contributed by atoms with Crippen LogP contribution in [0.25, 0.3) is 10.9 Å². The molecule has 0 radical (unpaired) electrons. The molecule has 1 aromatic heterocycles. The lowest BCUT2D eigenvalue weighted by Crippen LogP contribution is -2.32. The Morgan fingerprint density at radius 1 is 1.11 bits per heavy atom. The van der Waals surface area contributed by atoms with E-state index in [2.05, 4.69) is 28.1 Å². The van der Waals surface area contributed by atoms with Gasteiger partial charge < -0.3 is 9.64 Å². The molecule has 0 saturated carbocycles. The Labute approximate surface area is 159 Å². The highest BCUT2D eigenvalue weighted by Crippen LogP contribution is 2.33. The molecule has 1 amide bonds. The van der Waals surface area contributed by atoms with E-state index >= 15 is 0 Å². The normalized spacial score (nSPS) is 17.6. The topological polar surface area (TPSA) is 45.7 Å². The molecule has 0 N–H and O–H groups in total. The Balaban J connectivity index is 1.61. The SMILES string of the molecule is COc1ccc(CCN2C(=O)CN(C)C2c2ccnc3ccccc23)cc1. The van der Waals surface area contributed by atoms with Gasteiger partial charge in [0.25, 0.3) is 0 Å². The van der Waals surface area contributed by atoms with Crippen molar-refractivity contribution < 1.29 is 9.53 Å². The molecule has 1 saturated heterocycles. The standard InChI is InChI=1S/C22H23N3O2/c1-24-15-21(26)25(14-12-16-7-9-17(27-2)10-8-16)22(24)19-11-13-23-20-6-4-3-5-18(19)20/h3-11,13,22H,12,14-15H2,1-2H3. The van der Waals surface area contributed by atoms with Crippen molar-refractivity contribution in [2.45, 2.75) is 12.6 Å². The number of rotatable bonds is 5. The molecule has 5 heteroatoms. The largest absolute Gasteiger partial charge is 0.497 e. The van der Waals surface area contributed by atoms with Crippen molar-refractivity contribution in [2.75, 3.05) is 27.2 Å². The maximum atomic E-state index is 12.7. The molecule has 0 spiro atoms. The number of hydrogen-bond acceptors (Lipinski definition) is 4. The van der Waals surface area contributed by atoms with Crippen LogP contribution in [-0.4, -0.2) is 47.9 Å². The zero-order valence-corrected chi connectivity index (χ0v) is 15.6. The number of likely N-dealkylation sites (N-methyl/N-ethyl adjacent to an activating group) is 1. The molecule has 0 bridgehead atoms. The number of ether oxygens (including phenoxy) is 1. The molecule has 3 aromatic rings. The number of carbonyl (C=O) groups is 1. The molecular weight excluding hydrogens is 338 g/mol.